The van der Waals surface area contributed by atoms with Crippen LogP contribution in [0.3, 0.4) is 0 Å². The van der Waals surface area contributed by atoms with Gasteiger partial charge in [-0.25, -0.2) is 0 Å². The van der Waals surface area contributed by atoms with Crippen LogP contribution in [0.1, 0.15) is 13.3 Å². The van der Waals surface area contributed by atoms with E-state index in [9.17, 15) is 0 Å². The summed E-state index contributed by atoms with van der Waals surface area (Å²) in [6.45, 7) is 5.24. The molecule has 13 heavy (non-hydrogen) atoms. The molecule has 3 N–H and O–H groups in total. The molecule has 0 aromatic heterocycles. The normalized spacial score (nSPS) is 14.5. The van der Waals surface area contributed by atoms with E-state index in [4.69, 9.17) is 15.3 Å². The molecule has 0 aromatic rings. The molecule has 5 heteroatoms. The molecule has 0 heterocycles. The highest BCUT2D eigenvalue weighted by Crippen LogP contribution is 2.09. The molecule has 0 aliphatic rings. The van der Waals surface area contributed by atoms with Gasteiger partial charge in [0.25, 0.3) is 0 Å². The minimum atomic E-state index is -1.49. The molecule has 0 aromatic carbocycles. The molecule has 1 unspecified atom stereocenters. The number of hydrogen-bond donors (Lipinski definition) is 3. The average molecular weight is 185 g/mol. The summed E-state index contributed by atoms with van der Waals surface area (Å²) in [5.41, 5.74) is 0.434. The summed E-state index contributed by atoms with van der Waals surface area (Å²) in [7, 11) is 0.0281. The predicted octanol–water partition coefficient (Wildman–Crippen LogP) is 0.210. The van der Waals surface area contributed by atoms with Gasteiger partial charge in [-0.05, 0) is 18.8 Å². The van der Waals surface area contributed by atoms with Crippen LogP contribution in [0.4, 0.5) is 0 Å². The van der Waals surface area contributed by atoms with Gasteiger partial charge in [-0.3, -0.25) is 0 Å². The lowest BCUT2D eigenvalue weighted by Gasteiger charge is -2.18. The van der Waals surface area contributed by atoms with Crippen LogP contribution in [0.15, 0.2) is 24.2 Å². The monoisotopic (exact) mass is 185 g/mol. The highest BCUT2D eigenvalue weighted by Gasteiger charge is 2.18. The molecule has 0 fully saturated rings. The number of hydrogen-bond acceptors (Lipinski definition) is 4. The van der Waals surface area contributed by atoms with Crippen molar-refractivity contribution < 1.29 is 15.3 Å². The molecule has 0 rings (SSSR count). The van der Waals surface area contributed by atoms with Gasteiger partial charge in [-0.2, -0.15) is 5.06 Å². The second kappa shape index (κ2) is 5.93. The van der Waals surface area contributed by atoms with Crippen LogP contribution in [0.25, 0.3) is 0 Å². The molecule has 0 saturated heterocycles. The van der Waals surface area contributed by atoms with Gasteiger partial charge in [0.1, 0.15) is 0 Å². The highest BCUT2D eigenvalue weighted by atomic mass is 16.5. The van der Waals surface area contributed by atoms with Crippen LogP contribution in [-0.4, -0.2) is 40.5 Å². The van der Waals surface area contributed by atoms with Crippen molar-refractivity contribution in [3.05, 3.63) is 24.2 Å². The molecular weight excluding hydrogens is 169 g/mol. The Labute approximate surface area is 78.9 Å². The largest absolute Gasteiger partial charge is 0.484 e. The molecule has 0 amide bonds. The molecule has 74 valence electrons. The Morgan fingerprint density at radius 1 is 1.62 bits per heavy atom. The summed E-state index contributed by atoms with van der Waals surface area (Å²) in [4.78, 5) is 0. The Hall–Kier alpha value is -0.615. The summed E-state index contributed by atoms with van der Waals surface area (Å²) < 4.78 is 0. The molecule has 1 atom stereocenters. The first-order valence-electron chi connectivity index (χ1n) is 4.08. The van der Waals surface area contributed by atoms with E-state index in [1.165, 1.54) is 19.2 Å². The smallest absolute Gasteiger partial charge is 0.423 e. The first-order chi connectivity index (χ1) is 5.99. The lowest BCUT2D eigenvalue weighted by molar-refractivity contribution is -0.0960. The van der Waals surface area contributed by atoms with Crippen LogP contribution in [0, 0.1) is 0 Å². The second-order valence-electron chi connectivity index (χ2n) is 2.98. The quantitative estimate of drug-likeness (QED) is 0.325. The van der Waals surface area contributed by atoms with E-state index in [0.717, 1.165) is 5.06 Å². The number of nitrogens with zero attached hydrogens (tertiary/aromatic N) is 1. The van der Waals surface area contributed by atoms with Crippen LogP contribution in [0.5, 0.6) is 0 Å². The lowest BCUT2D eigenvalue weighted by atomic mass is 9.75. The van der Waals surface area contributed by atoms with E-state index in [0.29, 0.717) is 11.9 Å². The number of allylic oxidation sites excluding steroid dienone is 2. The maximum absolute atomic E-state index is 9.04. The zero-order chi connectivity index (χ0) is 10.4. The molecular formula is C8H16BNO3. The zero-order valence-corrected chi connectivity index (χ0v) is 8.01. The molecule has 0 spiro atoms. The van der Waals surface area contributed by atoms with Crippen LogP contribution in [0.2, 0.25) is 0 Å². The van der Waals surface area contributed by atoms with Crippen molar-refractivity contribution in [2.45, 2.75) is 19.4 Å². The van der Waals surface area contributed by atoms with Crippen molar-refractivity contribution in [3.8, 4) is 0 Å². The van der Waals surface area contributed by atoms with E-state index < -0.39 is 7.12 Å². The molecule has 4 nitrogen and oxygen atoms in total. The topological polar surface area (TPSA) is 63.9 Å². The summed E-state index contributed by atoms with van der Waals surface area (Å²) in [6.07, 6.45) is 3.40. The summed E-state index contributed by atoms with van der Waals surface area (Å²) >= 11 is 0. The second-order valence-corrected chi connectivity index (χ2v) is 2.98. The van der Waals surface area contributed by atoms with Crippen LogP contribution in [-0.2, 0) is 0 Å². The third-order valence-corrected chi connectivity index (χ3v) is 1.83. The Morgan fingerprint density at radius 3 is 2.46 bits per heavy atom. The van der Waals surface area contributed by atoms with E-state index in [1.54, 1.807) is 6.92 Å². The molecule has 0 saturated carbocycles. The van der Waals surface area contributed by atoms with Crippen molar-refractivity contribution in [2.75, 3.05) is 7.05 Å². The fourth-order valence-electron chi connectivity index (χ4n) is 0.884. The SMILES string of the molecule is C=C/C=C(\CC(C)N(C)O)B(O)O. The fraction of sp³-hybridized carbons (Fsp3) is 0.500. The Kier molecular flexibility index (Phi) is 5.65. The molecule has 0 aliphatic heterocycles. The maximum atomic E-state index is 9.04. The number of hydroxylamine groups is 2. The fourth-order valence-corrected chi connectivity index (χ4v) is 0.884. The Bertz CT molecular complexity index is 192. The van der Waals surface area contributed by atoms with Gasteiger partial charge in [0.2, 0.25) is 0 Å². The molecule has 0 bridgehead atoms. The van der Waals surface area contributed by atoms with Gasteiger partial charge < -0.3 is 15.3 Å². The third kappa shape index (κ3) is 4.85. The Balaban J connectivity index is 4.27. The number of rotatable bonds is 5. The van der Waals surface area contributed by atoms with Gasteiger partial charge in [0.15, 0.2) is 0 Å². The van der Waals surface area contributed by atoms with Gasteiger partial charge in [-0.15, -0.1) is 0 Å². The standard InChI is InChI=1S/C8H16BNO3/c1-4-5-8(9(11)12)6-7(2)10(3)13/h4-5,7,11-13H,1,6H2,2-3H3/b8-5+. The summed E-state index contributed by atoms with van der Waals surface area (Å²) in [5, 5.41) is 27.9. The van der Waals surface area contributed by atoms with Crippen molar-refractivity contribution in [2.24, 2.45) is 0 Å². The lowest BCUT2D eigenvalue weighted by Crippen LogP contribution is -2.29. The van der Waals surface area contributed by atoms with E-state index in [2.05, 4.69) is 6.58 Å². The van der Waals surface area contributed by atoms with Crippen molar-refractivity contribution >= 4 is 7.12 Å². The summed E-state index contributed by atoms with van der Waals surface area (Å²) in [6, 6.07) is -0.159. The average Bonchev–Trinajstić information content (AvgIpc) is 2.03. The summed E-state index contributed by atoms with van der Waals surface area (Å²) in [5.74, 6) is 0. The highest BCUT2D eigenvalue weighted by molar-refractivity contribution is 6.50. The first kappa shape index (κ1) is 12.4. The van der Waals surface area contributed by atoms with E-state index in [-0.39, 0.29) is 6.04 Å². The molecule has 0 radical (unpaired) electrons. The van der Waals surface area contributed by atoms with Gasteiger partial charge >= 0.3 is 7.12 Å². The molecule has 0 aliphatic carbocycles. The minimum absolute atomic E-state index is 0.159. The first-order valence-corrected chi connectivity index (χ1v) is 4.08. The van der Waals surface area contributed by atoms with Crippen LogP contribution >= 0.6 is 0 Å². The van der Waals surface area contributed by atoms with E-state index >= 15 is 0 Å². The van der Waals surface area contributed by atoms with Gasteiger partial charge in [0.05, 0.1) is 0 Å². The van der Waals surface area contributed by atoms with Gasteiger partial charge in [-0.1, -0.05) is 18.7 Å². The Morgan fingerprint density at radius 2 is 2.15 bits per heavy atom. The van der Waals surface area contributed by atoms with Crippen molar-refractivity contribution in [1.82, 2.24) is 5.06 Å². The third-order valence-electron chi connectivity index (χ3n) is 1.83. The minimum Gasteiger partial charge on any atom is -0.423 e. The van der Waals surface area contributed by atoms with Crippen molar-refractivity contribution in [3.63, 3.8) is 0 Å². The predicted molar refractivity (Wildman–Crippen MR) is 52.1 cm³/mol. The zero-order valence-electron chi connectivity index (χ0n) is 8.01. The van der Waals surface area contributed by atoms with Crippen molar-refractivity contribution in [1.29, 1.82) is 0 Å². The van der Waals surface area contributed by atoms with E-state index in [1.807, 2.05) is 0 Å². The van der Waals surface area contributed by atoms with Gasteiger partial charge in [0, 0.05) is 13.1 Å². The van der Waals surface area contributed by atoms with Crippen LogP contribution < -0.4 is 0 Å². The maximum Gasteiger partial charge on any atom is 0.484 e.